The molecule has 0 spiro atoms. The number of carbonyl (C=O) groups excluding carboxylic acids is 1. The minimum absolute atomic E-state index is 0.00776. The minimum atomic E-state index is -3.86. The van der Waals surface area contributed by atoms with Crippen LogP contribution in [0.25, 0.3) is 0 Å². The van der Waals surface area contributed by atoms with Crippen LogP contribution in [-0.2, 0) is 21.5 Å². The smallest absolute Gasteiger partial charge is 0.276 e. The van der Waals surface area contributed by atoms with Crippen LogP contribution in [0.5, 0.6) is 0 Å². The van der Waals surface area contributed by atoms with Crippen molar-refractivity contribution in [3.8, 4) is 0 Å². The van der Waals surface area contributed by atoms with Gasteiger partial charge in [-0.1, -0.05) is 11.6 Å². The molecule has 0 radical (unpaired) electrons. The van der Waals surface area contributed by atoms with Crippen LogP contribution >= 0.6 is 11.6 Å². The Balaban J connectivity index is 1.68. The van der Waals surface area contributed by atoms with Gasteiger partial charge in [0.2, 0.25) is 0 Å². The fourth-order valence-corrected chi connectivity index (χ4v) is 3.26. The van der Waals surface area contributed by atoms with Crippen LogP contribution in [0, 0.1) is 0 Å². The molecular formula is C16H15ClN6O4S. The molecule has 2 aromatic heterocycles. The van der Waals surface area contributed by atoms with Gasteiger partial charge in [-0.05, 0) is 42.5 Å². The zero-order chi connectivity index (χ0) is 20.1. The lowest BCUT2D eigenvalue weighted by atomic mass is 10.3. The fraction of sp³-hybridized carbons (Fsp3) is 0.125. The van der Waals surface area contributed by atoms with E-state index in [0.717, 1.165) is 0 Å². The molecule has 2 N–H and O–H groups in total. The molecule has 0 atom stereocenters. The highest BCUT2D eigenvalue weighted by atomic mass is 35.5. The third-order valence-electron chi connectivity index (χ3n) is 3.43. The Morgan fingerprint density at radius 3 is 2.54 bits per heavy atom. The van der Waals surface area contributed by atoms with Gasteiger partial charge in [-0.2, -0.15) is 5.10 Å². The summed E-state index contributed by atoms with van der Waals surface area (Å²) in [5, 5.41) is 14.1. The van der Waals surface area contributed by atoms with E-state index in [1.165, 1.54) is 48.2 Å². The predicted molar refractivity (Wildman–Crippen MR) is 101 cm³/mol. The first-order chi connectivity index (χ1) is 13.4. The molecule has 1 amide bonds. The summed E-state index contributed by atoms with van der Waals surface area (Å²) >= 11 is 5.62. The lowest BCUT2D eigenvalue weighted by Gasteiger charge is -2.08. The van der Waals surface area contributed by atoms with Gasteiger partial charge in [-0.15, -0.1) is 10.2 Å². The van der Waals surface area contributed by atoms with Gasteiger partial charge in [0, 0.05) is 19.0 Å². The molecule has 12 heteroatoms. The van der Waals surface area contributed by atoms with E-state index in [-0.39, 0.29) is 28.3 Å². The molecule has 146 valence electrons. The van der Waals surface area contributed by atoms with Crippen LogP contribution in [0.15, 0.2) is 53.6 Å². The van der Waals surface area contributed by atoms with Crippen LogP contribution < -0.4 is 10.0 Å². The number of carbonyl (C=O) groups is 1. The van der Waals surface area contributed by atoms with Crippen molar-refractivity contribution in [2.24, 2.45) is 0 Å². The number of nitrogens with one attached hydrogen (secondary N) is 2. The molecule has 0 aliphatic heterocycles. The average molecular weight is 423 g/mol. The maximum Gasteiger partial charge on any atom is 0.276 e. The second-order valence-corrected chi connectivity index (χ2v) is 7.55. The summed E-state index contributed by atoms with van der Waals surface area (Å²) in [5.74, 6) is -0.395. The van der Waals surface area contributed by atoms with Crippen molar-refractivity contribution < 1.29 is 17.9 Å². The lowest BCUT2D eigenvalue weighted by molar-refractivity contribution is 0.101. The summed E-state index contributed by atoms with van der Waals surface area (Å²) in [6.07, 6.45) is 1.61. The van der Waals surface area contributed by atoms with Crippen molar-refractivity contribution in [3.05, 3.63) is 59.5 Å². The molecule has 3 aromatic rings. The Labute approximate surface area is 165 Å². The number of ether oxygens (including phenoxy) is 1. The van der Waals surface area contributed by atoms with Crippen molar-refractivity contribution in [3.63, 3.8) is 0 Å². The third kappa shape index (κ3) is 4.82. The van der Waals surface area contributed by atoms with Crippen molar-refractivity contribution >= 4 is 39.0 Å². The first-order valence-electron chi connectivity index (χ1n) is 7.83. The maximum atomic E-state index is 12.4. The van der Waals surface area contributed by atoms with Crippen LogP contribution in [0.3, 0.4) is 0 Å². The van der Waals surface area contributed by atoms with Gasteiger partial charge in [0.05, 0.1) is 4.90 Å². The molecule has 0 fully saturated rings. The molecule has 3 rings (SSSR count). The van der Waals surface area contributed by atoms with E-state index in [0.29, 0.717) is 5.69 Å². The number of amides is 1. The zero-order valence-corrected chi connectivity index (χ0v) is 16.1. The molecule has 0 aliphatic carbocycles. The Morgan fingerprint density at radius 1 is 1.14 bits per heavy atom. The summed E-state index contributed by atoms with van der Waals surface area (Å²) in [5.41, 5.74) is 0.619. The van der Waals surface area contributed by atoms with Crippen molar-refractivity contribution in [2.45, 2.75) is 11.6 Å². The second kappa shape index (κ2) is 8.33. The first-order valence-corrected chi connectivity index (χ1v) is 9.69. The topological polar surface area (TPSA) is 128 Å². The van der Waals surface area contributed by atoms with Crippen molar-refractivity contribution in [1.29, 1.82) is 0 Å². The van der Waals surface area contributed by atoms with E-state index in [9.17, 15) is 13.2 Å². The molecule has 2 heterocycles. The monoisotopic (exact) mass is 422 g/mol. The standard InChI is InChI=1S/C16H15ClN6O4S/c1-27-10-23-9-8-13(21-23)16(24)18-11-2-4-12(5-3-11)28(25,26)22-15-7-6-14(17)19-20-15/h2-9H,10H2,1H3,(H,18,24)(H,20,22). The molecule has 0 unspecified atom stereocenters. The summed E-state index contributed by atoms with van der Waals surface area (Å²) in [4.78, 5) is 12.2. The summed E-state index contributed by atoms with van der Waals surface area (Å²) in [6.45, 7) is 0.227. The number of benzene rings is 1. The number of aromatic nitrogens is 4. The number of anilines is 2. The Hall–Kier alpha value is -3.02. The van der Waals surface area contributed by atoms with Gasteiger partial charge in [0.25, 0.3) is 15.9 Å². The minimum Gasteiger partial charge on any atom is -0.362 e. The molecule has 10 nitrogen and oxygen atoms in total. The Morgan fingerprint density at radius 2 is 1.89 bits per heavy atom. The number of methoxy groups -OCH3 is 1. The van der Waals surface area contributed by atoms with E-state index in [1.807, 2.05) is 0 Å². The van der Waals surface area contributed by atoms with Crippen LogP contribution in [0.2, 0.25) is 5.15 Å². The van der Waals surface area contributed by atoms with E-state index >= 15 is 0 Å². The maximum absolute atomic E-state index is 12.4. The molecular weight excluding hydrogens is 408 g/mol. The molecule has 28 heavy (non-hydrogen) atoms. The number of rotatable bonds is 7. The highest BCUT2D eigenvalue weighted by Crippen LogP contribution is 2.18. The quantitative estimate of drug-likeness (QED) is 0.595. The van der Waals surface area contributed by atoms with Gasteiger partial charge in [-0.3, -0.25) is 9.52 Å². The number of hydrogen-bond acceptors (Lipinski definition) is 7. The number of hydrogen-bond donors (Lipinski definition) is 2. The highest BCUT2D eigenvalue weighted by molar-refractivity contribution is 7.92. The van der Waals surface area contributed by atoms with Gasteiger partial charge in [0.15, 0.2) is 16.7 Å². The summed E-state index contributed by atoms with van der Waals surface area (Å²) in [6, 6.07) is 9.99. The van der Waals surface area contributed by atoms with Gasteiger partial charge in [0.1, 0.15) is 6.73 Å². The molecule has 0 bridgehead atoms. The van der Waals surface area contributed by atoms with Crippen LogP contribution in [0.1, 0.15) is 10.5 Å². The van der Waals surface area contributed by atoms with E-state index in [2.05, 4.69) is 25.3 Å². The largest absolute Gasteiger partial charge is 0.362 e. The molecule has 0 aliphatic rings. The molecule has 0 saturated heterocycles. The third-order valence-corrected chi connectivity index (χ3v) is 5.00. The van der Waals surface area contributed by atoms with E-state index in [1.54, 1.807) is 12.3 Å². The fourth-order valence-electron chi connectivity index (χ4n) is 2.17. The highest BCUT2D eigenvalue weighted by Gasteiger charge is 2.16. The lowest BCUT2D eigenvalue weighted by Crippen LogP contribution is -2.15. The van der Waals surface area contributed by atoms with Crippen molar-refractivity contribution in [1.82, 2.24) is 20.0 Å². The first kappa shape index (κ1) is 19.7. The molecule has 0 saturated carbocycles. The molecule has 1 aromatic carbocycles. The van der Waals surface area contributed by atoms with Gasteiger partial charge < -0.3 is 10.1 Å². The number of halogens is 1. The summed E-state index contributed by atoms with van der Waals surface area (Å²) < 4.78 is 33.4. The normalized spacial score (nSPS) is 11.2. The van der Waals surface area contributed by atoms with Crippen LogP contribution in [0.4, 0.5) is 11.5 Å². The van der Waals surface area contributed by atoms with E-state index in [4.69, 9.17) is 16.3 Å². The zero-order valence-electron chi connectivity index (χ0n) is 14.5. The van der Waals surface area contributed by atoms with Gasteiger partial charge in [-0.25, -0.2) is 13.1 Å². The predicted octanol–water partition coefficient (Wildman–Crippen LogP) is 1.98. The second-order valence-electron chi connectivity index (χ2n) is 5.48. The Kier molecular flexibility index (Phi) is 5.87. The summed E-state index contributed by atoms with van der Waals surface area (Å²) in [7, 11) is -2.35. The average Bonchev–Trinajstić information content (AvgIpc) is 3.13. The van der Waals surface area contributed by atoms with Gasteiger partial charge >= 0.3 is 0 Å². The Bertz CT molecular complexity index is 1070. The van der Waals surface area contributed by atoms with E-state index < -0.39 is 15.9 Å². The SMILES string of the molecule is COCn1ccc(C(=O)Nc2ccc(S(=O)(=O)Nc3ccc(Cl)nn3)cc2)n1. The van der Waals surface area contributed by atoms with Crippen LogP contribution in [-0.4, -0.2) is 41.4 Å². The number of sulfonamides is 1. The number of nitrogens with zero attached hydrogens (tertiary/aromatic N) is 4. The van der Waals surface area contributed by atoms with Crippen molar-refractivity contribution in [2.75, 3.05) is 17.1 Å².